The average Bonchev–Trinajstić information content (AvgIpc) is 3.43. The molecule has 0 bridgehead atoms. The fourth-order valence-corrected chi connectivity index (χ4v) is 3.62. The van der Waals surface area contributed by atoms with Gasteiger partial charge in [-0.05, 0) is 12.1 Å². The van der Waals surface area contributed by atoms with Gasteiger partial charge in [0.25, 0.3) is 5.69 Å². The van der Waals surface area contributed by atoms with Crippen LogP contribution in [0.5, 0.6) is 0 Å². The van der Waals surface area contributed by atoms with E-state index < -0.39 is 4.92 Å². The number of benzene rings is 2. The molecule has 10 heteroatoms. The Kier molecular flexibility index (Phi) is 5.31. The number of hydrogen-bond donors (Lipinski definition) is 0. The molecule has 9 nitrogen and oxygen atoms in total. The van der Waals surface area contributed by atoms with Gasteiger partial charge in [-0.1, -0.05) is 24.3 Å². The molecule has 0 saturated carbocycles. The van der Waals surface area contributed by atoms with Crippen molar-refractivity contribution in [3.8, 4) is 22.0 Å². The quantitative estimate of drug-likeness (QED) is 0.264. The van der Waals surface area contributed by atoms with Gasteiger partial charge in [-0.2, -0.15) is 5.10 Å². The molecule has 0 saturated heterocycles. The fourth-order valence-electron chi connectivity index (χ4n) is 2.81. The highest BCUT2D eigenvalue weighted by Gasteiger charge is 2.12. The number of carbonyl (C=O) groups excluding carboxylic acids is 1. The maximum Gasteiger partial charge on any atom is 0.337 e. The average molecular weight is 421 g/mol. The number of esters is 1. The van der Waals surface area contributed by atoms with Crippen LogP contribution < -0.4 is 0 Å². The minimum atomic E-state index is -0.449. The van der Waals surface area contributed by atoms with E-state index >= 15 is 0 Å². The molecule has 0 aliphatic carbocycles. The van der Waals surface area contributed by atoms with Crippen LogP contribution in [0.4, 0.5) is 5.69 Å². The third kappa shape index (κ3) is 4.08. The number of rotatable bonds is 6. The van der Waals surface area contributed by atoms with Crippen LogP contribution in [0.2, 0.25) is 0 Å². The highest BCUT2D eigenvalue weighted by atomic mass is 32.1. The largest absolute Gasteiger partial charge is 0.465 e. The summed E-state index contributed by atoms with van der Waals surface area (Å²) in [5.74, 6) is 0.0275. The van der Waals surface area contributed by atoms with Gasteiger partial charge >= 0.3 is 5.97 Å². The molecule has 0 spiro atoms. The highest BCUT2D eigenvalue weighted by molar-refractivity contribution is 7.13. The Morgan fingerprint density at radius 1 is 1.20 bits per heavy atom. The second-order valence-corrected chi connectivity index (χ2v) is 7.14. The molecular weight excluding hydrogens is 406 g/mol. The monoisotopic (exact) mass is 421 g/mol. The van der Waals surface area contributed by atoms with Crippen LogP contribution in [-0.2, 0) is 11.3 Å². The van der Waals surface area contributed by atoms with Crippen molar-refractivity contribution in [2.75, 3.05) is 7.11 Å². The van der Waals surface area contributed by atoms with Crippen molar-refractivity contribution in [1.82, 2.24) is 19.7 Å². The van der Waals surface area contributed by atoms with Crippen molar-refractivity contribution in [3.05, 3.63) is 81.6 Å². The van der Waals surface area contributed by atoms with E-state index in [1.54, 1.807) is 35.3 Å². The molecule has 0 amide bonds. The number of ether oxygens (including phenoxy) is 1. The van der Waals surface area contributed by atoms with Gasteiger partial charge in [0.1, 0.15) is 11.3 Å². The summed E-state index contributed by atoms with van der Waals surface area (Å²) >= 11 is 1.49. The first-order chi connectivity index (χ1) is 14.5. The molecule has 0 radical (unpaired) electrons. The summed E-state index contributed by atoms with van der Waals surface area (Å²) in [6.07, 6.45) is 1.57. The Morgan fingerprint density at radius 3 is 2.73 bits per heavy atom. The molecule has 0 unspecified atom stereocenters. The maximum absolute atomic E-state index is 11.5. The van der Waals surface area contributed by atoms with Crippen molar-refractivity contribution in [2.45, 2.75) is 6.54 Å². The summed E-state index contributed by atoms with van der Waals surface area (Å²) in [5.41, 5.74) is 2.76. The Labute approximate surface area is 174 Å². The van der Waals surface area contributed by atoms with E-state index in [2.05, 4.69) is 15.1 Å². The number of nitrogens with zero attached hydrogens (tertiary/aromatic N) is 5. The maximum atomic E-state index is 11.5. The number of methoxy groups -OCH3 is 1. The van der Waals surface area contributed by atoms with Gasteiger partial charge < -0.3 is 4.74 Å². The van der Waals surface area contributed by atoms with E-state index in [4.69, 9.17) is 4.74 Å². The van der Waals surface area contributed by atoms with Gasteiger partial charge in [-0.25, -0.2) is 19.4 Å². The van der Waals surface area contributed by atoms with Crippen molar-refractivity contribution < 1.29 is 14.5 Å². The van der Waals surface area contributed by atoms with E-state index in [9.17, 15) is 14.9 Å². The molecule has 4 aromatic rings. The molecule has 150 valence electrons. The zero-order valence-corrected chi connectivity index (χ0v) is 16.6. The lowest BCUT2D eigenvalue weighted by Gasteiger charge is -2.00. The van der Waals surface area contributed by atoms with Gasteiger partial charge in [0.05, 0.1) is 29.8 Å². The predicted octanol–water partition coefficient (Wildman–Crippen LogP) is 3.81. The van der Waals surface area contributed by atoms with Crippen molar-refractivity contribution in [2.24, 2.45) is 0 Å². The number of carbonyl (C=O) groups is 1. The zero-order valence-electron chi connectivity index (χ0n) is 15.8. The first kappa shape index (κ1) is 19.4. The van der Waals surface area contributed by atoms with Crippen LogP contribution in [0, 0.1) is 10.1 Å². The summed E-state index contributed by atoms with van der Waals surface area (Å²) < 4.78 is 6.34. The minimum Gasteiger partial charge on any atom is -0.465 e. The third-order valence-corrected chi connectivity index (χ3v) is 5.22. The standard InChI is InChI=1S/C20H15N5O4S/c1-29-20(26)14-7-5-13(6-8-14)19-22-16(11-30-19)10-24-12-21-18(23-24)15-3-2-4-17(9-15)25(27)28/h2-9,11-12H,10H2,1H3. The van der Waals surface area contributed by atoms with E-state index in [-0.39, 0.29) is 11.7 Å². The summed E-state index contributed by atoms with van der Waals surface area (Å²) in [7, 11) is 1.35. The highest BCUT2D eigenvalue weighted by Crippen LogP contribution is 2.25. The summed E-state index contributed by atoms with van der Waals surface area (Å²) in [6, 6.07) is 13.2. The van der Waals surface area contributed by atoms with Gasteiger partial charge in [-0.15, -0.1) is 11.3 Å². The molecule has 0 atom stereocenters. The molecule has 2 aromatic carbocycles. The molecule has 0 aliphatic heterocycles. The van der Waals surface area contributed by atoms with E-state index in [1.807, 2.05) is 17.5 Å². The number of hydrogen-bond acceptors (Lipinski definition) is 8. The molecule has 0 N–H and O–H groups in total. The van der Waals surface area contributed by atoms with Gasteiger partial charge in [-0.3, -0.25) is 10.1 Å². The lowest BCUT2D eigenvalue weighted by Crippen LogP contribution is -2.01. The number of aromatic nitrogens is 4. The molecule has 0 aliphatic rings. The number of nitro groups is 1. The van der Waals surface area contributed by atoms with Gasteiger partial charge in [0.15, 0.2) is 5.82 Å². The first-order valence-electron chi connectivity index (χ1n) is 8.81. The molecule has 0 fully saturated rings. The lowest BCUT2D eigenvalue weighted by atomic mass is 10.1. The minimum absolute atomic E-state index is 0.00814. The van der Waals surface area contributed by atoms with Crippen LogP contribution in [0.1, 0.15) is 16.1 Å². The summed E-state index contributed by atoms with van der Waals surface area (Å²) in [5, 5.41) is 18.1. The summed E-state index contributed by atoms with van der Waals surface area (Å²) in [6.45, 7) is 0.415. The topological polar surface area (TPSA) is 113 Å². The third-order valence-electron chi connectivity index (χ3n) is 4.28. The van der Waals surface area contributed by atoms with Crippen LogP contribution in [0.3, 0.4) is 0 Å². The smallest absolute Gasteiger partial charge is 0.337 e. The molecule has 4 rings (SSSR count). The zero-order chi connectivity index (χ0) is 21.1. The molecule has 30 heavy (non-hydrogen) atoms. The second kappa shape index (κ2) is 8.21. The van der Waals surface area contributed by atoms with Crippen LogP contribution >= 0.6 is 11.3 Å². The van der Waals surface area contributed by atoms with Crippen molar-refractivity contribution in [3.63, 3.8) is 0 Å². The summed E-state index contributed by atoms with van der Waals surface area (Å²) in [4.78, 5) is 30.9. The molecular formula is C20H15N5O4S. The number of thiazole rings is 1. The Morgan fingerprint density at radius 2 is 2.00 bits per heavy atom. The van der Waals surface area contributed by atoms with E-state index in [1.165, 1.54) is 30.6 Å². The van der Waals surface area contributed by atoms with E-state index in [0.29, 0.717) is 23.5 Å². The second-order valence-electron chi connectivity index (χ2n) is 6.29. The predicted molar refractivity (Wildman–Crippen MR) is 110 cm³/mol. The van der Waals surface area contributed by atoms with Gasteiger partial charge in [0.2, 0.25) is 0 Å². The number of nitro benzene ring substituents is 1. The van der Waals surface area contributed by atoms with Crippen molar-refractivity contribution in [1.29, 1.82) is 0 Å². The number of non-ortho nitro benzene ring substituents is 1. The van der Waals surface area contributed by atoms with Crippen molar-refractivity contribution >= 4 is 23.0 Å². The van der Waals surface area contributed by atoms with Crippen LogP contribution in [-0.4, -0.2) is 37.8 Å². The van der Waals surface area contributed by atoms with Gasteiger partial charge in [0, 0.05) is 28.6 Å². The first-order valence-corrected chi connectivity index (χ1v) is 9.69. The Bertz CT molecular complexity index is 1220. The normalized spacial score (nSPS) is 10.7. The Balaban J connectivity index is 1.49. The lowest BCUT2D eigenvalue weighted by molar-refractivity contribution is -0.384. The SMILES string of the molecule is COC(=O)c1ccc(-c2nc(Cn3cnc(-c4cccc([N+](=O)[O-])c4)n3)cs2)cc1. The van der Waals surface area contributed by atoms with E-state index in [0.717, 1.165) is 16.3 Å². The van der Waals surface area contributed by atoms with Crippen LogP contribution in [0.25, 0.3) is 22.0 Å². The molecule has 2 heterocycles. The van der Waals surface area contributed by atoms with Crippen LogP contribution in [0.15, 0.2) is 60.2 Å². The fraction of sp³-hybridized carbons (Fsp3) is 0.100. The molecule has 2 aromatic heterocycles. The Hall–Kier alpha value is -3.92.